The highest BCUT2D eigenvalue weighted by molar-refractivity contribution is 6.33. The molecule has 0 bridgehead atoms. The van der Waals surface area contributed by atoms with Crippen LogP contribution < -0.4 is 0 Å². The molecule has 0 radical (unpaired) electrons. The normalized spacial score (nSPS) is 22.4. The van der Waals surface area contributed by atoms with Crippen molar-refractivity contribution in [3.63, 3.8) is 0 Å². The number of halogens is 2. The topological polar surface area (TPSA) is 49.8 Å². The maximum atomic E-state index is 11.3. The standard InChI is InChI=1S/C14H17Cl2NO3/c1-2-17(13-8-20-7-11(13)14(18)19)6-9-5-10(15)3-4-12(9)16/h3-5,11,13H,2,6-8H2,1H3,(H,18,19). The summed E-state index contributed by atoms with van der Waals surface area (Å²) in [6.07, 6.45) is 0. The minimum absolute atomic E-state index is 0.132. The molecule has 1 N–H and O–H groups in total. The molecule has 2 rings (SSSR count). The molecular weight excluding hydrogens is 301 g/mol. The molecule has 0 amide bonds. The van der Waals surface area contributed by atoms with Crippen molar-refractivity contribution in [2.75, 3.05) is 19.8 Å². The van der Waals surface area contributed by atoms with Gasteiger partial charge < -0.3 is 9.84 Å². The lowest BCUT2D eigenvalue weighted by Gasteiger charge is -2.29. The molecular formula is C14H17Cl2NO3. The minimum Gasteiger partial charge on any atom is -0.481 e. The summed E-state index contributed by atoms with van der Waals surface area (Å²) in [5, 5.41) is 10.5. The molecule has 1 aliphatic heterocycles. The van der Waals surface area contributed by atoms with Crippen LogP contribution >= 0.6 is 23.2 Å². The number of likely N-dealkylation sites (N-methyl/N-ethyl adjacent to an activating group) is 1. The molecule has 1 heterocycles. The van der Waals surface area contributed by atoms with E-state index in [1.54, 1.807) is 12.1 Å². The van der Waals surface area contributed by atoms with Crippen LogP contribution in [-0.4, -0.2) is 41.8 Å². The molecule has 1 saturated heterocycles. The molecule has 0 spiro atoms. The number of carboxylic acids is 1. The third kappa shape index (κ3) is 3.44. The average molecular weight is 318 g/mol. The van der Waals surface area contributed by atoms with Crippen LogP contribution in [0, 0.1) is 5.92 Å². The van der Waals surface area contributed by atoms with Crippen molar-refractivity contribution in [2.45, 2.75) is 19.5 Å². The zero-order valence-electron chi connectivity index (χ0n) is 11.2. The van der Waals surface area contributed by atoms with Crippen molar-refractivity contribution >= 4 is 29.2 Å². The summed E-state index contributed by atoms with van der Waals surface area (Å²) in [6, 6.07) is 5.18. The predicted molar refractivity (Wildman–Crippen MR) is 78.3 cm³/mol. The molecule has 4 nitrogen and oxygen atoms in total. The molecule has 0 aromatic heterocycles. The van der Waals surface area contributed by atoms with Gasteiger partial charge in [-0.25, -0.2) is 0 Å². The Bertz CT molecular complexity index is 495. The van der Waals surface area contributed by atoms with E-state index < -0.39 is 11.9 Å². The third-order valence-corrected chi connectivity index (χ3v) is 4.23. The summed E-state index contributed by atoms with van der Waals surface area (Å²) in [4.78, 5) is 13.3. The van der Waals surface area contributed by atoms with E-state index in [1.165, 1.54) is 0 Å². The van der Waals surface area contributed by atoms with Crippen molar-refractivity contribution in [3.8, 4) is 0 Å². The lowest BCUT2D eigenvalue weighted by atomic mass is 10.0. The zero-order chi connectivity index (χ0) is 14.7. The maximum absolute atomic E-state index is 11.3. The summed E-state index contributed by atoms with van der Waals surface area (Å²) in [6.45, 7) is 3.98. The van der Waals surface area contributed by atoms with Crippen LogP contribution in [0.1, 0.15) is 12.5 Å². The average Bonchev–Trinajstić information content (AvgIpc) is 2.89. The predicted octanol–water partition coefficient (Wildman–Crippen LogP) is 2.91. The van der Waals surface area contributed by atoms with Gasteiger partial charge in [-0.05, 0) is 30.3 Å². The van der Waals surface area contributed by atoms with Crippen LogP contribution in [0.4, 0.5) is 0 Å². The van der Waals surface area contributed by atoms with Gasteiger partial charge in [-0.1, -0.05) is 30.1 Å². The van der Waals surface area contributed by atoms with E-state index in [9.17, 15) is 9.90 Å². The van der Waals surface area contributed by atoms with Crippen LogP contribution in [0.3, 0.4) is 0 Å². The van der Waals surface area contributed by atoms with E-state index in [0.717, 1.165) is 12.1 Å². The van der Waals surface area contributed by atoms with Gasteiger partial charge >= 0.3 is 5.97 Å². The summed E-state index contributed by atoms with van der Waals surface area (Å²) >= 11 is 12.2. The first-order valence-corrected chi connectivity index (χ1v) is 7.27. The molecule has 1 aliphatic rings. The molecule has 20 heavy (non-hydrogen) atoms. The largest absolute Gasteiger partial charge is 0.481 e. The number of hydrogen-bond donors (Lipinski definition) is 1. The highest BCUT2D eigenvalue weighted by Gasteiger charge is 2.37. The first-order valence-electron chi connectivity index (χ1n) is 6.51. The fourth-order valence-electron chi connectivity index (χ4n) is 2.49. The van der Waals surface area contributed by atoms with Gasteiger partial charge in [0.2, 0.25) is 0 Å². The van der Waals surface area contributed by atoms with E-state index in [-0.39, 0.29) is 12.6 Å². The highest BCUT2D eigenvalue weighted by Crippen LogP contribution is 2.26. The highest BCUT2D eigenvalue weighted by atomic mass is 35.5. The number of aliphatic carboxylic acids is 1. The van der Waals surface area contributed by atoms with Gasteiger partial charge in [0, 0.05) is 22.6 Å². The molecule has 1 aromatic rings. The number of rotatable bonds is 5. The quantitative estimate of drug-likeness (QED) is 0.907. The minimum atomic E-state index is -0.817. The monoisotopic (exact) mass is 317 g/mol. The maximum Gasteiger partial charge on any atom is 0.310 e. The number of carbonyl (C=O) groups is 1. The molecule has 6 heteroatoms. The molecule has 1 aromatic carbocycles. The van der Waals surface area contributed by atoms with Crippen LogP contribution in [-0.2, 0) is 16.1 Å². The Morgan fingerprint density at radius 1 is 1.45 bits per heavy atom. The van der Waals surface area contributed by atoms with Crippen molar-refractivity contribution < 1.29 is 14.6 Å². The number of hydrogen-bond acceptors (Lipinski definition) is 3. The Balaban J connectivity index is 2.16. The van der Waals surface area contributed by atoms with E-state index >= 15 is 0 Å². The Morgan fingerprint density at radius 3 is 2.85 bits per heavy atom. The Labute approximate surface area is 128 Å². The van der Waals surface area contributed by atoms with Crippen molar-refractivity contribution in [1.82, 2.24) is 4.90 Å². The Kier molecular flexibility index (Phi) is 5.27. The van der Waals surface area contributed by atoms with Crippen LogP contribution in [0.5, 0.6) is 0 Å². The second kappa shape index (κ2) is 6.76. The van der Waals surface area contributed by atoms with E-state index in [4.69, 9.17) is 27.9 Å². The second-order valence-corrected chi connectivity index (χ2v) is 5.69. The lowest BCUT2D eigenvalue weighted by Crippen LogP contribution is -2.42. The fraction of sp³-hybridized carbons (Fsp3) is 0.500. The smallest absolute Gasteiger partial charge is 0.310 e. The number of carboxylic acid groups (broad SMARTS) is 1. The summed E-state index contributed by atoms with van der Waals surface area (Å²) in [5.41, 5.74) is 0.900. The first kappa shape index (κ1) is 15.6. The van der Waals surface area contributed by atoms with Crippen molar-refractivity contribution in [2.24, 2.45) is 5.92 Å². The van der Waals surface area contributed by atoms with Gasteiger partial charge in [0.1, 0.15) is 0 Å². The molecule has 2 unspecified atom stereocenters. The second-order valence-electron chi connectivity index (χ2n) is 4.85. The van der Waals surface area contributed by atoms with Gasteiger partial charge in [-0.2, -0.15) is 0 Å². The summed E-state index contributed by atoms with van der Waals surface area (Å²) in [5.74, 6) is -1.31. The molecule has 2 atom stereocenters. The van der Waals surface area contributed by atoms with Crippen LogP contribution in [0.15, 0.2) is 18.2 Å². The van der Waals surface area contributed by atoms with Gasteiger partial charge in [-0.3, -0.25) is 9.69 Å². The van der Waals surface area contributed by atoms with Gasteiger partial charge in [-0.15, -0.1) is 0 Å². The molecule has 110 valence electrons. The zero-order valence-corrected chi connectivity index (χ0v) is 12.7. The fourth-order valence-corrected chi connectivity index (χ4v) is 2.86. The lowest BCUT2D eigenvalue weighted by molar-refractivity contribution is -0.143. The number of nitrogens with zero attached hydrogens (tertiary/aromatic N) is 1. The summed E-state index contributed by atoms with van der Waals surface area (Å²) in [7, 11) is 0. The van der Waals surface area contributed by atoms with E-state index in [1.807, 2.05) is 13.0 Å². The number of ether oxygens (including phenoxy) is 1. The molecule has 0 saturated carbocycles. The van der Waals surface area contributed by atoms with Crippen LogP contribution in [0.25, 0.3) is 0 Å². The van der Waals surface area contributed by atoms with E-state index in [2.05, 4.69) is 4.90 Å². The Hall–Kier alpha value is -0.810. The third-order valence-electron chi connectivity index (χ3n) is 3.62. The van der Waals surface area contributed by atoms with Gasteiger partial charge in [0.25, 0.3) is 0 Å². The van der Waals surface area contributed by atoms with Gasteiger partial charge in [0.05, 0.1) is 19.1 Å². The number of benzene rings is 1. The summed E-state index contributed by atoms with van der Waals surface area (Å²) < 4.78 is 5.32. The van der Waals surface area contributed by atoms with Crippen molar-refractivity contribution in [3.05, 3.63) is 33.8 Å². The first-order chi connectivity index (χ1) is 9.52. The SMILES string of the molecule is CCN(Cc1cc(Cl)ccc1Cl)C1COCC1C(=O)O. The molecule has 0 aliphatic carbocycles. The van der Waals surface area contributed by atoms with Gasteiger partial charge in [0.15, 0.2) is 0 Å². The van der Waals surface area contributed by atoms with Crippen molar-refractivity contribution in [1.29, 1.82) is 0 Å². The van der Waals surface area contributed by atoms with E-state index in [0.29, 0.717) is 23.2 Å². The van der Waals surface area contributed by atoms with Crippen LogP contribution in [0.2, 0.25) is 10.0 Å². The Morgan fingerprint density at radius 2 is 2.20 bits per heavy atom. The molecule has 1 fully saturated rings.